The van der Waals surface area contributed by atoms with Gasteiger partial charge in [0.1, 0.15) is 16.5 Å². The molecule has 0 saturated carbocycles. The van der Waals surface area contributed by atoms with E-state index >= 15 is 0 Å². The van der Waals surface area contributed by atoms with E-state index in [1.807, 2.05) is 4.90 Å². The maximum atomic E-state index is 14.5. The van der Waals surface area contributed by atoms with Gasteiger partial charge in [-0.15, -0.1) is 0 Å². The molecule has 1 aromatic carbocycles. The van der Waals surface area contributed by atoms with E-state index in [0.717, 1.165) is 44.6 Å². The molecule has 1 atom stereocenters. The first-order valence-electron chi connectivity index (χ1n) is 11.1. The third-order valence-corrected chi connectivity index (χ3v) is 7.40. The van der Waals surface area contributed by atoms with E-state index < -0.39 is 38.2 Å². The van der Waals surface area contributed by atoms with E-state index in [0.29, 0.717) is 32.6 Å². The second kappa shape index (κ2) is 9.33. The van der Waals surface area contributed by atoms with Gasteiger partial charge in [-0.05, 0) is 43.5 Å². The highest BCUT2D eigenvalue weighted by molar-refractivity contribution is 7.90. The van der Waals surface area contributed by atoms with Gasteiger partial charge in [-0.25, -0.2) is 17.2 Å². The molecule has 2 aliphatic heterocycles. The zero-order chi connectivity index (χ0) is 24.7. The Morgan fingerprint density at radius 3 is 2.44 bits per heavy atom. The molecule has 2 aliphatic rings. The highest BCUT2D eigenvalue weighted by Gasteiger charge is 2.35. The number of sulfone groups is 1. The lowest BCUT2D eigenvalue weighted by molar-refractivity contribution is -0.0158. The van der Waals surface area contributed by atoms with Crippen LogP contribution in [-0.2, 0) is 15.8 Å². The fraction of sp³-hybridized carbons (Fsp3) is 0.619. The minimum Gasteiger partial charge on any atom is -0.379 e. The van der Waals surface area contributed by atoms with Crippen LogP contribution >= 0.6 is 0 Å². The molecule has 13 heteroatoms. The number of benzene rings is 1. The van der Waals surface area contributed by atoms with Crippen LogP contribution in [0.3, 0.4) is 0 Å². The first-order chi connectivity index (χ1) is 15.9. The van der Waals surface area contributed by atoms with Crippen molar-refractivity contribution < 1.29 is 30.5 Å². The fourth-order valence-corrected chi connectivity index (χ4v) is 5.28. The van der Waals surface area contributed by atoms with Crippen molar-refractivity contribution in [2.45, 2.75) is 55.5 Å². The Bertz CT molecular complexity index is 1130. The van der Waals surface area contributed by atoms with Crippen molar-refractivity contribution in [3.63, 3.8) is 0 Å². The SMILES string of the molecule is CC(F)(F)c1nc(N2CCC(N3CCC[C@H](Nc4cc(F)c(S(C)(=O)=O)cc4F)C3)CC2)no1. The Balaban J connectivity index is 1.35. The van der Waals surface area contributed by atoms with Crippen molar-refractivity contribution in [3.05, 3.63) is 29.7 Å². The Morgan fingerprint density at radius 2 is 1.82 bits per heavy atom. The maximum absolute atomic E-state index is 14.5. The van der Waals surface area contributed by atoms with Crippen LogP contribution in [0.2, 0.25) is 0 Å². The van der Waals surface area contributed by atoms with Crippen molar-refractivity contribution >= 4 is 21.5 Å². The monoisotopic (exact) mass is 505 g/mol. The summed E-state index contributed by atoms with van der Waals surface area (Å²) in [5, 5.41) is 6.70. The van der Waals surface area contributed by atoms with Gasteiger partial charge >= 0.3 is 5.92 Å². The molecule has 188 valence electrons. The molecular weight excluding hydrogens is 478 g/mol. The van der Waals surface area contributed by atoms with Crippen LogP contribution in [0.5, 0.6) is 0 Å². The van der Waals surface area contributed by atoms with Crippen LogP contribution in [-0.4, -0.2) is 68.0 Å². The quantitative estimate of drug-likeness (QED) is 0.598. The molecule has 0 radical (unpaired) electrons. The largest absolute Gasteiger partial charge is 0.379 e. The third kappa shape index (κ3) is 5.45. The van der Waals surface area contributed by atoms with Crippen molar-refractivity contribution in [2.75, 3.05) is 42.7 Å². The lowest BCUT2D eigenvalue weighted by atomic mass is 9.98. The predicted molar refractivity (Wildman–Crippen MR) is 117 cm³/mol. The molecule has 1 aromatic heterocycles. The van der Waals surface area contributed by atoms with Crippen LogP contribution in [0.4, 0.5) is 29.2 Å². The molecule has 4 rings (SSSR count). The molecule has 2 saturated heterocycles. The molecule has 3 heterocycles. The molecule has 0 unspecified atom stereocenters. The predicted octanol–water partition coefficient (Wildman–Crippen LogP) is 3.41. The van der Waals surface area contributed by atoms with E-state index in [4.69, 9.17) is 0 Å². The van der Waals surface area contributed by atoms with Crippen molar-refractivity contribution in [3.8, 4) is 0 Å². The summed E-state index contributed by atoms with van der Waals surface area (Å²) < 4.78 is 83.3. The normalized spacial score (nSPS) is 21.1. The van der Waals surface area contributed by atoms with Gasteiger partial charge in [0.25, 0.3) is 11.8 Å². The smallest absolute Gasteiger partial charge is 0.322 e. The number of aromatic nitrogens is 2. The summed E-state index contributed by atoms with van der Waals surface area (Å²) in [6, 6.07) is 1.72. The summed E-state index contributed by atoms with van der Waals surface area (Å²) in [7, 11) is -3.87. The van der Waals surface area contributed by atoms with E-state index in [1.165, 1.54) is 0 Å². The van der Waals surface area contributed by atoms with E-state index in [9.17, 15) is 26.0 Å². The number of hydrogen-bond acceptors (Lipinski definition) is 8. The molecule has 1 N–H and O–H groups in total. The highest BCUT2D eigenvalue weighted by Crippen LogP contribution is 2.29. The van der Waals surface area contributed by atoms with E-state index in [-0.39, 0.29) is 23.7 Å². The Morgan fingerprint density at radius 1 is 1.12 bits per heavy atom. The summed E-state index contributed by atoms with van der Waals surface area (Å²) >= 11 is 0. The van der Waals surface area contributed by atoms with Gasteiger partial charge < -0.3 is 14.7 Å². The van der Waals surface area contributed by atoms with Gasteiger partial charge in [0, 0.05) is 51.0 Å². The van der Waals surface area contributed by atoms with Crippen LogP contribution in [0, 0.1) is 11.6 Å². The number of hydrogen-bond donors (Lipinski definition) is 1. The van der Waals surface area contributed by atoms with Crippen molar-refractivity contribution in [2.24, 2.45) is 0 Å². The molecule has 0 spiro atoms. The molecule has 0 aliphatic carbocycles. The third-order valence-electron chi connectivity index (χ3n) is 6.29. The summed E-state index contributed by atoms with van der Waals surface area (Å²) in [5.74, 6) is -5.54. The summed E-state index contributed by atoms with van der Waals surface area (Å²) in [4.78, 5) is 7.25. The summed E-state index contributed by atoms with van der Waals surface area (Å²) in [5.41, 5.74) is -0.0628. The summed E-state index contributed by atoms with van der Waals surface area (Å²) in [6.45, 7) is 3.35. The standard InChI is InChI=1S/C21H27F4N5O3S/c1-21(24,25)19-27-20(28-33-19)29-8-5-14(6-9-29)30-7-3-4-13(12-30)26-17-10-16(23)18(11-15(17)22)34(2,31)32/h10-11,13-14,26H,3-9,12H2,1-2H3/t13-/m0/s1. The number of halogens is 4. The molecule has 8 nitrogen and oxygen atoms in total. The first-order valence-corrected chi connectivity index (χ1v) is 13.0. The second-order valence-electron chi connectivity index (χ2n) is 9.02. The molecular formula is C21H27F4N5O3S. The molecule has 2 fully saturated rings. The van der Waals surface area contributed by atoms with Crippen molar-refractivity contribution in [1.29, 1.82) is 0 Å². The Kier molecular flexibility index (Phi) is 6.78. The molecule has 34 heavy (non-hydrogen) atoms. The summed E-state index contributed by atoms with van der Waals surface area (Å²) in [6.07, 6.45) is 4.00. The average Bonchev–Trinajstić information content (AvgIpc) is 3.27. The van der Waals surface area contributed by atoms with E-state index in [1.54, 1.807) is 0 Å². The topological polar surface area (TPSA) is 91.6 Å². The Labute approximate surface area is 195 Å². The molecule has 0 bridgehead atoms. The minimum absolute atomic E-state index is 0.0628. The average molecular weight is 506 g/mol. The molecule has 0 amide bonds. The fourth-order valence-electron chi connectivity index (χ4n) is 4.55. The number of nitrogens with zero attached hydrogens (tertiary/aromatic N) is 4. The first kappa shape index (κ1) is 24.7. The van der Waals surface area contributed by atoms with Crippen LogP contribution in [0.15, 0.2) is 21.6 Å². The van der Waals surface area contributed by atoms with Gasteiger partial charge in [0.2, 0.25) is 0 Å². The van der Waals surface area contributed by atoms with Gasteiger partial charge in [0.15, 0.2) is 9.84 Å². The number of anilines is 2. The zero-order valence-corrected chi connectivity index (χ0v) is 19.7. The number of nitrogens with one attached hydrogen (secondary N) is 1. The van der Waals surface area contributed by atoms with Crippen molar-refractivity contribution in [1.82, 2.24) is 15.0 Å². The van der Waals surface area contributed by atoms with Gasteiger partial charge in [0.05, 0.1) is 5.69 Å². The lowest BCUT2D eigenvalue weighted by Crippen LogP contribution is -2.51. The zero-order valence-electron chi connectivity index (χ0n) is 18.9. The van der Waals surface area contributed by atoms with Gasteiger partial charge in [-0.3, -0.25) is 4.90 Å². The second-order valence-corrected chi connectivity index (χ2v) is 11.0. The number of alkyl halides is 2. The van der Waals surface area contributed by atoms with Crippen LogP contribution < -0.4 is 10.2 Å². The number of rotatable bonds is 6. The van der Waals surface area contributed by atoms with Crippen LogP contribution in [0.25, 0.3) is 0 Å². The minimum atomic E-state index is -3.87. The maximum Gasteiger partial charge on any atom is 0.322 e. The lowest BCUT2D eigenvalue weighted by Gasteiger charge is -2.42. The number of likely N-dealkylation sites (tertiary alicyclic amines) is 1. The number of piperidine rings is 2. The van der Waals surface area contributed by atoms with Gasteiger partial charge in [-0.1, -0.05) is 0 Å². The van der Waals surface area contributed by atoms with Gasteiger partial charge in [-0.2, -0.15) is 13.8 Å². The molecule has 2 aromatic rings. The highest BCUT2D eigenvalue weighted by atomic mass is 32.2. The van der Waals surface area contributed by atoms with Crippen LogP contribution in [0.1, 0.15) is 38.5 Å². The van der Waals surface area contributed by atoms with E-state index in [2.05, 4.69) is 24.9 Å². The Hall–Kier alpha value is -2.41.